The monoisotopic (exact) mass is 397 g/mol. The molecule has 1 N–H and O–H groups in total. The molecule has 0 spiro atoms. The highest BCUT2D eigenvalue weighted by atomic mass is 19.4. The second kappa shape index (κ2) is 7.64. The fourth-order valence-corrected chi connectivity index (χ4v) is 2.92. The Morgan fingerprint density at radius 2 is 1.93 bits per heavy atom. The summed E-state index contributed by atoms with van der Waals surface area (Å²) < 4.78 is 38.8. The van der Waals surface area contributed by atoms with Crippen molar-refractivity contribution in [3.63, 3.8) is 0 Å². The zero-order valence-corrected chi connectivity index (χ0v) is 15.2. The minimum absolute atomic E-state index is 0.0120. The van der Waals surface area contributed by atoms with Crippen LogP contribution in [0.3, 0.4) is 0 Å². The molecule has 2 aromatic carbocycles. The molecule has 0 fully saturated rings. The Balaban J connectivity index is 2.35. The van der Waals surface area contributed by atoms with Crippen LogP contribution >= 0.6 is 0 Å². The van der Waals surface area contributed by atoms with Gasteiger partial charge in [0, 0.05) is 22.7 Å². The molecular formula is C21H14F3N3O2. The number of nitrogens with zero attached hydrogens (tertiary/aromatic N) is 2. The molecule has 0 aliphatic carbocycles. The van der Waals surface area contributed by atoms with Gasteiger partial charge in [-0.3, -0.25) is 4.79 Å². The molecule has 0 unspecified atom stereocenters. The number of hydrogen-bond acceptors (Lipinski definition) is 4. The minimum Gasteiger partial charge on any atom is -0.357 e. The molecular weight excluding hydrogens is 383 g/mol. The Kier molecular flexibility index (Phi) is 5.24. The van der Waals surface area contributed by atoms with Crippen molar-refractivity contribution in [2.24, 2.45) is 5.16 Å². The lowest BCUT2D eigenvalue weighted by atomic mass is 9.94. The number of nitrogens with one attached hydrogen (secondary N) is 1. The number of H-pyrrole nitrogens is 1. The summed E-state index contributed by atoms with van der Waals surface area (Å²) >= 11 is 0. The number of halogens is 3. The lowest BCUT2D eigenvalue weighted by molar-refractivity contribution is -0.137. The molecule has 0 aliphatic heterocycles. The second-order valence-electron chi connectivity index (χ2n) is 6.03. The number of oxime groups is 1. The van der Waals surface area contributed by atoms with Crippen molar-refractivity contribution in [1.29, 1.82) is 5.26 Å². The summed E-state index contributed by atoms with van der Waals surface area (Å²) in [4.78, 5) is 20.5. The van der Waals surface area contributed by atoms with Crippen LogP contribution in [-0.4, -0.2) is 11.2 Å². The third-order valence-electron chi connectivity index (χ3n) is 4.19. The Labute approximate surface area is 163 Å². The van der Waals surface area contributed by atoms with Gasteiger partial charge in [0.2, 0.25) is 0 Å². The van der Waals surface area contributed by atoms with Gasteiger partial charge in [0.15, 0.2) is 5.76 Å². The first-order chi connectivity index (χ1) is 13.8. The van der Waals surface area contributed by atoms with Crippen molar-refractivity contribution in [3.8, 4) is 17.2 Å². The van der Waals surface area contributed by atoms with E-state index in [4.69, 9.17) is 4.84 Å². The van der Waals surface area contributed by atoms with Crippen molar-refractivity contribution in [2.45, 2.75) is 13.1 Å². The molecule has 8 heteroatoms. The maximum Gasteiger partial charge on any atom is 0.416 e. The van der Waals surface area contributed by atoms with Crippen LogP contribution < -0.4 is 5.56 Å². The smallest absolute Gasteiger partial charge is 0.357 e. The number of fused-ring (bicyclic) bond motifs is 1. The van der Waals surface area contributed by atoms with Gasteiger partial charge in [-0.05, 0) is 42.8 Å². The van der Waals surface area contributed by atoms with E-state index >= 15 is 0 Å². The number of benzene rings is 2. The van der Waals surface area contributed by atoms with E-state index in [1.807, 2.05) is 6.07 Å². The predicted molar refractivity (Wildman–Crippen MR) is 104 cm³/mol. The van der Waals surface area contributed by atoms with Crippen molar-refractivity contribution in [3.05, 3.63) is 76.1 Å². The molecule has 0 saturated carbocycles. The summed E-state index contributed by atoms with van der Waals surface area (Å²) in [6.45, 7) is 5.32. The Bertz CT molecular complexity index is 1220. The third-order valence-corrected chi connectivity index (χ3v) is 4.19. The van der Waals surface area contributed by atoms with Crippen LogP contribution in [0.4, 0.5) is 13.2 Å². The van der Waals surface area contributed by atoms with Gasteiger partial charge < -0.3 is 9.82 Å². The van der Waals surface area contributed by atoms with Gasteiger partial charge in [-0.2, -0.15) is 18.4 Å². The van der Waals surface area contributed by atoms with Crippen LogP contribution in [0.2, 0.25) is 0 Å². The summed E-state index contributed by atoms with van der Waals surface area (Å²) in [5.74, 6) is -0.0801. The highest BCUT2D eigenvalue weighted by Crippen LogP contribution is 2.36. The van der Waals surface area contributed by atoms with E-state index in [1.165, 1.54) is 30.5 Å². The molecule has 146 valence electrons. The number of alkyl halides is 3. The lowest BCUT2D eigenvalue weighted by Crippen LogP contribution is -2.14. The van der Waals surface area contributed by atoms with Crippen LogP contribution in [-0.2, 0) is 11.0 Å². The Morgan fingerprint density at radius 1 is 1.24 bits per heavy atom. The van der Waals surface area contributed by atoms with Crippen molar-refractivity contribution < 1.29 is 18.0 Å². The molecule has 5 nitrogen and oxygen atoms in total. The quantitative estimate of drug-likeness (QED) is 0.379. The van der Waals surface area contributed by atoms with Gasteiger partial charge in [0.25, 0.3) is 5.56 Å². The number of nitriles is 1. The lowest BCUT2D eigenvalue weighted by Gasteiger charge is -2.14. The number of aromatic nitrogens is 1. The number of pyridine rings is 1. The van der Waals surface area contributed by atoms with E-state index in [0.717, 1.165) is 12.1 Å². The second-order valence-corrected chi connectivity index (χ2v) is 6.03. The van der Waals surface area contributed by atoms with Crippen LogP contribution in [0.5, 0.6) is 0 Å². The maximum atomic E-state index is 12.9. The summed E-state index contributed by atoms with van der Waals surface area (Å²) in [6, 6.07) is 11.0. The van der Waals surface area contributed by atoms with Gasteiger partial charge in [-0.15, -0.1) is 0 Å². The highest BCUT2D eigenvalue weighted by Gasteiger charge is 2.30. The number of rotatable bonds is 4. The average Bonchev–Trinajstić information content (AvgIpc) is 2.70. The molecule has 0 amide bonds. The van der Waals surface area contributed by atoms with E-state index < -0.39 is 17.3 Å². The number of aromatic amines is 1. The van der Waals surface area contributed by atoms with Gasteiger partial charge >= 0.3 is 6.18 Å². The topological polar surface area (TPSA) is 78.2 Å². The number of hydrogen-bond donors (Lipinski definition) is 1. The molecule has 29 heavy (non-hydrogen) atoms. The average molecular weight is 397 g/mol. The fraction of sp³-hybridized carbons (Fsp3) is 0.0952. The van der Waals surface area contributed by atoms with Gasteiger partial charge in [0.1, 0.15) is 0 Å². The van der Waals surface area contributed by atoms with Gasteiger partial charge in [-0.1, -0.05) is 23.9 Å². The van der Waals surface area contributed by atoms with Crippen LogP contribution in [0, 0.1) is 11.3 Å². The molecule has 0 atom stereocenters. The first kappa shape index (κ1) is 19.9. The molecule has 0 bridgehead atoms. The van der Waals surface area contributed by atoms with E-state index in [-0.39, 0.29) is 11.3 Å². The van der Waals surface area contributed by atoms with Crippen molar-refractivity contribution in [2.75, 3.05) is 0 Å². The van der Waals surface area contributed by atoms with E-state index in [9.17, 15) is 23.2 Å². The normalized spacial score (nSPS) is 11.6. The minimum atomic E-state index is -4.49. The SMILES string of the molecule is C=C(O/N=C/C)c1c(-c2ccc(C(F)(F)F)cc2)c2cc(C#N)ccc2[nH]c1=O. The first-order valence-electron chi connectivity index (χ1n) is 8.38. The maximum absolute atomic E-state index is 12.9. The first-order valence-corrected chi connectivity index (χ1v) is 8.38. The molecule has 0 radical (unpaired) electrons. The highest BCUT2D eigenvalue weighted by molar-refractivity contribution is 5.99. The zero-order chi connectivity index (χ0) is 21.2. The van der Waals surface area contributed by atoms with Crippen LogP contribution in [0.15, 0.2) is 59.0 Å². The summed E-state index contributed by atoms with van der Waals surface area (Å²) in [7, 11) is 0. The van der Waals surface area contributed by atoms with Crippen molar-refractivity contribution >= 4 is 22.9 Å². The van der Waals surface area contributed by atoms with E-state index in [0.29, 0.717) is 27.6 Å². The van der Waals surface area contributed by atoms with Crippen LogP contribution in [0.1, 0.15) is 23.6 Å². The summed E-state index contributed by atoms with van der Waals surface area (Å²) in [6.07, 6.45) is -3.14. The molecule has 1 aromatic heterocycles. The van der Waals surface area contributed by atoms with Crippen molar-refractivity contribution in [1.82, 2.24) is 4.98 Å². The molecule has 0 aliphatic rings. The van der Waals surface area contributed by atoms with E-state index in [1.54, 1.807) is 13.0 Å². The molecule has 0 saturated heterocycles. The molecule has 1 heterocycles. The molecule has 3 rings (SSSR count). The third kappa shape index (κ3) is 3.89. The summed E-state index contributed by atoms with van der Waals surface area (Å²) in [5, 5.41) is 13.3. The molecule has 3 aromatic rings. The fourth-order valence-electron chi connectivity index (χ4n) is 2.92. The standard InChI is InChI=1S/C21H14F3N3O2/c1-3-26-29-12(2)18-19(14-5-7-15(8-6-14)21(22,23)24)16-10-13(11-25)4-9-17(16)27-20(18)28/h3-10H,2H2,1H3,(H,27,28)/b26-3+. The Hall–Kier alpha value is -3.86. The predicted octanol–water partition coefficient (Wildman–Crippen LogP) is 5.08. The van der Waals surface area contributed by atoms with Gasteiger partial charge in [-0.25, -0.2) is 0 Å². The summed E-state index contributed by atoms with van der Waals surface area (Å²) in [5.41, 5.74) is 0.0168. The Morgan fingerprint density at radius 3 is 2.52 bits per heavy atom. The van der Waals surface area contributed by atoms with E-state index in [2.05, 4.69) is 16.7 Å². The van der Waals surface area contributed by atoms with Crippen LogP contribution in [0.25, 0.3) is 27.8 Å². The zero-order valence-electron chi connectivity index (χ0n) is 15.2. The van der Waals surface area contributed by atoms with Gasteiger partial charge in [0.05, 0.1) is 22.8 Å². The largest absolute Gasteiger partial charge is 0.416 e.